The molecule has 5 heterocycles. The average Bonchev–Trinajstić information content (AvgIpc) is 1.55. The van der Waals surface area contributed by atoms with Crippen LogP contribution in [0.25, 0.3) is 210 Å². The molecule has 0 bridgehead atoms. The summed E-state index contributed by atoms with van der Waals surface area (Å²) in [5, 5.41) is 11.8. The van der Waals surface area contributed by atoms with Crippen LogP contribution in [0, 0.1) is 0 Å². The molecular formula is C98H60N6. The van der Waals surface area contributed by atoms with Gasteiger partial charge in [-0.1, -0.05) is 231 Å². The van der Waals surface area contributed by atoms with Crippen LogP contribution in [-0.2, 0) is 0 Å². The summed E-state index contributed by atoms with van der Waals surface area (Å²) in [5.74, 6) is 0.629. The van der Waals surface area contributed by atoms with Gasteiger partial charge in [0, 0.05) is 82.6 Å². The molecule has 0 radical (unpaired) electrons. The van der Waals surface area contributed by atoms with E-state index < -0.39 is 0 Å². The zero-order valence-corrected chi connectivity index (χ0v) is 56.3. The van der Waals surface area contributed by atoms with Crippen molar-refractivity contribution in [1.82, 2.24) is 28.2 Å². The van der Waals surface area contributed by atoms with Crippen molar-refractivity contribution in [2.24, 2.45) is 0 Å². The first-order valence-corrected chi connectivity index (χ1v) is 35.7. The van der Waals surface area contributed by atoms with Crippen molar-refractivity contribution in [1.29, 1.82) is 0 Å². The molecule has 0 atom stereocenters. The molecule has 6 heteroatoms. The fourth-order valence-electron chi connectivity index (χ4n) is 17.1. The van der Waals surface area contributed by atoms with Crippen molar-refractivity contribution >= 4 is 98.0 Å². The van der Waals surface area contributed by atoms with Gasteiger partial charge in [0.1, 0.15) is 0 Å². The van der Waals surface area contributed by atoms with E-state index in [9.17, 15) is 0 Å². The summed E-state index contributed by atoms with van der Waals surface area (Å²) in [4.78, 5) is 11.1. The van der Waals surface area contributed by atoms with Crippen LogP contribution < -0.4 is 0 Å². The topological polar surface area (TPSA) is 45.5 Å². The Kier molecular flexibility index (Phi) is 12.7. The Morgan fingerprint density at radius 3 is 0.827 bits per heavy atom. The average molecular weight is 1320 g/mol. The van der Waals surface area contributed by atoms with Crippen molar-refractivity contribution in [2.75, 3.05) is 0 Å². The Morgan fingerprint density at radius 1 is 0.192 bits per heavy atom. The van der Waals surface area contributed by atoms with E-state index in [0.29, 0.717) is 5.95 Å². The van der Waals surface area contributed by atoms with Crippen molar-refractivity contribution in [2.45, 2.75) is 0 Å². The first-order valence-electron chi connectivity index (χ1n) is 35.7. The third-order valence-corrected chi connectivity index (χ3v) is 22.0. The van der Waals surface area contributed by atoms with E-state index in [2.05, 4.69) is 382 Å². The summed E-state index contributed by atoms with van der Waals surface area (Å²) in [7, 11) is 0. The number of aromatic nitrogens is 6. The van der Waals surface area contributed by atoms with Crippen LogP contribution in [0.1, 0.15) is 0 Å². The van der Waals surface area contributed by atoms with Crippen LogP contribution in [0.3, 0.4) is 0 Å². The summed E-state index contributed by atoms with van der Waals surface area (Å²) in [6.07, 6.45) is 2.06. The number of nitrogens with zero attached hydrogens (tertiary/aromatic N) is 6. The Labute approximate surface area is 598 Å². The molecule has 5 aromatic heterocycles. The van der Waals surface area contributed by atoms with Gasteiger partial charge in [-0.25, -0.2) is 9.97 Å². The zero-order chi connectivity index (χ0) is 68.1. The Morgan fingerprint density at radius 2 is 0.490 bits per heavy atom. The number of rotatable bonds is 10. The van der Waals surface area contributed by atoms with Gasteiger partial charge >= 0.3 is 0 Å². The highest BCUT2D eigenvalue weighted by Gasteiger charge is 2.29. The molecule has 0 saturated carbocycles. The monoisotopic (exact) mass is 1320 g/mol. The third-order valence-electron chi connectivity index (χ3n) is 22.0. The minimum Gasteiger partial charge on any atom is -0.309 e. The van der Waals surface area contributed by atoms with Gasteiger partial charge in [0.05, 0.1) is 55.5 Å². The predicted octanol–water partition coefficient (Wildman–Crippen LogP) is 25.7. The van der Waals surface area contributed by atoms with E-state index in [-0.39, 0.29) is 0 Å². The number of fused-ring (bicyclic) bond motifs is 15. The highest BCUT2D eigenvalue weighted by atomic mass is 15.2. The Bertz CT molecular complexity index is 7110. The van der Waals surface area contributed by atoms with Crippen LogP contribution in [-0.4, -0.2) is 28.2 Å². The second-order valence-corrected chi connectivity index (χ2v) is 27.6. The fraction of sp³-hybridized carbons (Fsp3) is 0. The second kappa shape index (κ2) is 22.8. The summed E-state index contributed by atoms with van der Waals surface area (Å²) < 4.78 is 9.58. The Balaban J connectivity index is 0.683. The number of hydrogen-bond acceptors (Lipinski definition) is 2. The van der Waals surface area contributed by atoms with Crippen LogP contribution >= 0.6 is 0 Å². The van der Waals surface area contributed by atoms with E-state index in [4.69, 9.17) is 9.97 Å². The van der Waals surface area contributed by atoms with E-state index in [1.165, 1.54) is 104 Å². The molecule has 0 fully saturated rings. The lowest BCUT2D eigenvalue weighted by Crippen LogP contribution is -2.02. The van der Waals surface area contributed by atoms with Crippen molar-refractivity contribution in [3.63, 3.8) is 0 Å². The van der Waals surface area contributed by atoms with Crippen molar-refractivity contribution in [3.8, 4) is 112 Å². The Hall–Kier alpha value is -13.9. The summed E-state index contributed by atoms with van der Waals surface area (Å²) in [6, 6.07) is 131. The fourth-order valence-corrected chi connectivity index (χ4v) is 17.1. The molecule has 0 saturated heterocycles. The minimum atomic E-state index is 0.629. The normalized spacial score (nSPS) is 12.0. The number of benzene rings is 16. The number of hydrogen-bond donors (Lipinski definition) is 0. The molecule has 1 aliphatic carbocycles. The lowest BCUT2D eigenvalue weighted by atomic mass is 9.98. The molecule has 0 aliphatic heterocycles. The maximum absolute atomic E-state index is 5.70. The van der Waals surface area contributed by atoms with Crippen LogP contribution in [0.15, 0.2) is 364 Å². The lowest BCUT2D eigenvalue weighted by Gasteiger charge is -2.13. The molecule has 104 heavy (non-hydrogen) atoms. The van der Waals surface area contributed by atoms with E-state index in [1.807, 2.05) is 0 Å². The van der Waals surface area contributed by atoms with Crippen molar-refractivity contribution < 1.29 is 0 Å². The molecule has 1 aliphatic rings. The SMILES string of the molecule is c1ccc(-c2ccc3c(c2)c2cc(-c4ccc5c(c4)c4cc(-c6ccccc6)ccc4n5-c4ncc5c(n4)-c4cccc6c(-n7c8ccc(-c9ccccc9)cc8c8cc(-c9ccc%10c(c9)c9cc(-c%11ccccc%11)ccc9n%10-c9ccccc9)ccc87)ccc-5c46)ccc2n3-c2ccccc2)cc1. The number of para-hydroxylation sites is 2. The minimum absolute atomic E-state index is 0.629. The largest absolute Gasteiger partial charge is 0.309 e. The molecule has 0 spiro atoms. The molecule has 22 rings (SSSR count). The third kappa shape index (κ3) is 8.89. The molecule has 0 N–H and O–H groups in total. The van der Waals surface area contributed by atoms with E-state index in [1.54, 1.807) is 0 Å². The van der Waals surface area contributed by atoms with Gasteiger partial charge in [-0.05, 0) is 200 Å². The highest BCUT2D eigenvalue weighted by molar-refractivity contribution is 6.20. The summed E-state index contributed by atoms with van der Waals surface area (Å²) in [5.41, 5.74) is 30.7. The van der Waals surface area contributed by atoms with E-state index in [0.717, 1.165) is 99.9 Å². The first kappa shape index (κ1) is 57.9. The molecule has 482 valence electrons. The van der Waals surface area contributed by atoms with Gasteiger partial charge in [-0.3, -0.25) is 4.57 Å². The van der Waals surface area contributed by atoms with Gasteiger partial charge in [-0.2, -0.15) is 0 Å². The highest BCUT2D eigenvalue weighted by Crippen LogP contribution is 2.50. The van der Waals surface area contributed by atoms with Crippen molar-refractivity contribution in [3.05, 3.63) is 364 Å². The predicted molar refractivity (Wildman–Crippen MR) is 434 cm³/mol. The van der Waals surface area contributed by atoms with Crippen LogP contribution in [0.4, 0.5) is 0 Å². The molecule has 0 unspecified atom stereocenters. The maximum Gasteiger partial charge on any atom is 0.235 e. The lowest BCUT2D eigenvalue weighted by molar-refractivity contribution is 0.996. The molecule has 6 nitrogen and oxygen atoms in total. The van der Waals surface area contributed by atoms with Gasteiger partial charge in [-0.15, -0.1) is 0 Å². The van der Waals surface area contributed by atoms with Gasteiger partial charge in [0.15, 0.2) is 0 Å². The smallest absolute Gasteiger partial charge is 0.235 e. The molecular weight excluding hydrogens is 1260 g/mol. The maximum atomic E-state index is 5.70. The molecule has 0 amide bonds. The van der Waals surface area contributed by atoms with E-state index >= 15 is 0 Å². The van der Waals surface area contributed by atoms with Gasteiger partial charge in [0.2, 0.25) is 5.95 Å². The zero-order valence-electron chi connectivity index (χ0n) is 56.3. The van der Waals surface area contributed by atoms with Gasteiger partial charge < -0.3 is 13.7 Å². The van der Waals surface area contributed by atoms with Gasteiger partial charge in [0.25, 0.3) is 0 Å². The second-order valence-electron chi connectivity index (χ2n) is 27.6. The summed E-state index contributed by atoms with van der Waals surface area (Å²) >= 11 is 0. The quantitative estimate of drug-likeness (QED) is 0.137. The molecule has 21 aromatic rings. The van der Waals surface area contributed by atoms with Crippen LogP contribution in [0.2, 0.25) is 0 Å². The summed E-state index contributed by atoms with van der Waals surface area (Å²) in [6.45, 7) is 0. The first-order chi connectivity index (χ1) is 51.6. The standard InChI is InChI=1S/C98H60N6/c1-7-20-61(21-8-1)65-34-43-88-78(52-65)80-56-69(38-45-90(80)101(88)73-28-15-5-16-29-73)71-40-48-93-83(58-71)82-54-67(63-24-11-3-12-25-63)36-47-92(82)103(93)87-51-42-75-86-60-99-98(100-97(86)77-33-19-32-76(87)96(75)77)104-94-49-37-68(64-26-13-4-14-27-64)55-84(94)85-59-72(41-50-95(85)104)70-39-46-91-81(57-70)79-53-66(62-22-9-2-10-23-62)35-44-89(79)102(91)74-30-17-6-18-31-74/h1-60H. The van der Waals surface area contributed by atoms with Crippen LogP contribution in [0.5, 0.6) is 0 Å². The molecule has 16 aromatic carbocycles.